The topological polar surface area (TPSA) is 77.1 Å². The van der Waals surface area contributed by atoms with E-state index in [9.17, 15) is 10.2 Å². The van der Waals surface area contributed by atoms with Crippen molar-refractivity contribution in [3.63, 3.8) is 0 Å². The van der Waals surface area contributed by atoms with Crippen LogP contribution in [0.2, 0.25) is 0 Å². The molecule has 0 bridgehead atoms. The number of β-amino-alcohol motifs (C(OH)–C–C–N with tert-alkyl or cyclic N) is 1. The molecule has 1 unspecified atom stereocenters. The third-order valence-corrected chi connectivity index (χ3v) is 6.02. The highest BCUT2D eigenvalue weighted by molar-refractivity contribution is 7.17. The lowest BCUT2D eigenvalue weighted by atomic mass is 10.0. The van der Waals surface area contributed by atoms with Gasteiger partial charge < -0.3 is 10.2 Å². The predicted molar refractivity (Wildman–Crippen MR) is 101 cm³/mol. The Morgan fingerprint density at radius 2 is 2.04 bits per heavy atom. The van der Waals surface area contributed by atoms with E-state index in [2.05, 4.69) is 51.1 Å². The van der Waals surface area contributed by atoms with Gasteiger partial charge in [-0.3, -0.25) is 9.80 Å². The molecule has 2 N–H and O–H groups in total. The van der Waals surface area contributed by atoms with Crippen LogP contribution in [0.3, 0.4) is 0 Å². The number of aryl methyl sites for hydroxylation is 1. The van der Waals surface area contributed by atoms with E-state index in [0.717, 1.165) is 31.1 Å². The lowest BCUT2D eigenvalue weighted by Crippen LogP contribution is -2.48. The Labute approximate surface area is 156 Å². The van der Waals surface area contributed by atoms with Gasteiger partial charge in [0.25, 0.3) is 0 Å². The lowest BCUT2D eigenvalue weighted by Gasteiger charge is -2.39. The minimum absolute atomic E-state index is 0.0281. The molecule has 0 saturated carbocycles. The highest BCUT2D eigenvalue weighted by Gasteiger charge is 2.31. The van der Waals surface area contributed by atoms with E-state index in [0.29, 0.717) is 11.5 Å². The van der Waals surface area contributed by atoms with Crippen molar-refractivity contribution in [3.05, 3.63) is 46.6 Å². The molecule has 8 heteroatoms. The van der Waals surface area contributed by atoms with Crippen molar-refractivity contribution in [2.75, 3.05) is 39.3 Å². The maximum atomic E-state index is 10.7. The second-order valence-electron chi connectivity index (χ2n) is 6.66. The molecular formula is C18H23N5O2S. The van der Waals surface area contributed by atoms with Crippen molar-refractivity contribution in [2.24, 2.45) is 0 Å². The normalized spacial score (nSPS) is 17.8. The van der Waals surface area contributed by atoms with Gasteiger partial charge in [-0.25, -0.2) is 4.98 Å². The summed E-state index contributed by atoms with van der Waals surface area (Å²) >= 11 is 1.49. The fourth-order valence-electron chi connectivity index (χ4n) is 3.63. The fourth-order valence-corrected chi connectivity index (χ4v) is 4.72. The van der Waals surface area contributed by atoms with Crippen LogP contribution in [0, 0.1) is 6.92 Å². The van der Waals surface area contributed by atoms with E-state index >= 15 is 0 Å². The molecule has 1 aliphatic rings. The molecule has 26 heavy (non-hydrogen) atoms. The van der Waals surface area contributed by atoms with Crippen molar-refractivity contribution in [2.45, 2.75) is 13.0 Å². The van der Waals surface area contributed by atoms with Gasteiger partial charge in [0, 0.05) is 32.7 Å². The number of aliphatic hydroxyl groups excluding tert-OH is 1. The fraction of sp³-hybridized carbons (Fsp3) is 0.444. The average molecular weight is 373 g/mol. The van der Waals surface area contributed by atoms with Crippen LogP contribution in [-0.2, 0) is 0 Å². The van der Waals surface area contributed by atoms with Gasteiger partial charge in [-0.15, -0.1) is 0 Å². The van der Waals surface area contributed by atoms with Crippen LogP contribution in [0.5, 0.6) is 5.88 Å². The zero-order chi connectivity index (χ0) is 18.1. The molecule has 0 aliphatic carbocycles. The number of hydrogen-bond donors (Lipinski definition) is 2. The minimum Gasteiger partial charge on any atom is -0.492 e. The van der Waals surface area contributed by atoms with Gasteiger partial charge in [0.05, 0.1) is 17.5 Å². The van der Waals surface area contributed by atoms with Crippen LogP contribution >= 0.6 is 11.3 Å². The number of benzene rings is 1. The van der Waals surface area contributed by atoms with Crippen LogP contribution in [0.15, 0.2) is 30.6 Å². The number of nitrogens with zero attached hydrogens (tertiary/aromatic N) is 5. The number of piperazine rings is 1. The maximum Gasteiger partial charge on any atom is 0.230 e. The molecule has 2 aromatic heterocycles. The molecule has 7 nitrogen and oxygen atoms in total. The lowest BCUT2D eigenvalue weighted by molar-refractivity contribution is 0.0945. The zero-order valence-electron chi connectivity index (χ0n) is 14.7. The monoisotopic (exact) mass is 373 g/mol. The van der Waals surface area contributed by atoms with E-state index in [1.165, 1.54) is 33.3 Å². The van der Waals surface area contributed by atoms with Crippen molar-refractivity contribution in [1.82, 2.24) is 24.4 Å². The Bertz CT molecular complexity index is 885. The van der Waals surface area contributed by atoms with E-state index in [-0.39, 0.29) is 18.5 Å². The molecular weight excluding hydrogens is 350 g/mol. The Morgan fingerprint density at radius 1 is 1.23 bits per heavy atom. The number of fused-ring (bicyclic) bond motifs is 1. The van der Waals surface area contributed by atoms with Gasteiger partial charge >= 0.3 is 0 Å². The van der Waals surface area contributed by atoms with Gasteiger partial charge in [-0.05, 0) is 12.5 Å². The summed E-state index contributed by atoms with van der Waals surface area (Å²) < 4.78 is 1.50. The summed E-state index contributed by atoms with van der Waals surface area (Å²) in [5.74, 6) is 0.173. The summed E-state index contributed by atoms with van der Waals surface area (Å²) in [7, 11) is 0. The molecule has 138 valence electrons. The number of aromatic nitrogens is 3. The van der Waals surface area contributed by atoms with Gasteiger partial charge in [0.1, 0.15) is 6.33 Å². The van der Waals surface area contributed by atoms with Crippen LogP contribution in [0.1, 0.15) is 22.0 Å². The van der Waals surface area contributed by atoms with Gasteiger partial charge in [-0.1, -0.05) is 41.2 Å². The van der Waals surface area contributed by atoms with Gasteiger partial charge in [-0.2, -0.15) is 9.61 Å². The molecule has 3 heterocycles. The summed E-state index contributed by atoms with van der Waals surface area (Å²) in [6.45, 7) is 6.56. The van der Waals surface area contributed by atoms with E-state index in [1.807, 2.05) is 0 Å². The smallest absolute Gasteiger partial charge is 0.230 e. The second-order valence-corrected chi connectivity index (χ2v) is 7.67. The molecule has 3 aromatic rings. The van der Waals surface area contributed by atoms with E-state index in [4.69, 9.17) is 0 Å². The largest absolute Gasteiger partial charge is 0.492 e. The molecule has 1 saturated heterocycles. The first-order valence-corrected chi connectivity index (χ1v) is 9.64. The molecule has 1 atom stereocenters. The SMILES string of the molecule is Cc1cccc(C(c2sc3ncnn3c2O)N2CCN(CCO)CC2)c1. The quantitative estimate of drug-likeness (QED) is 0.706. The first kappa shape index (κ1) is 17.4. The Hall–Kier alpha value is -2.00. The molecule has 4 rings (SSSR count). The van der Waals surface area contributed by atoms with Crippen LogP contribution < -0.4 is 0 Å². The van der Waals surface area contributed by atoms with Crippen molar-refractivity contribution in [1.29, 1.82) is 0 Å². The second kappa shape index (κ2) is 7.32. The van der Waals surface area contributed by atoms with Crippen molar-refractivity contribution in [3.8, 4) is 5.88 Å². The maximum absolute atomic E-state index is 10.7. The van der Waals surface area contributed by atoms with E-state index < -0.39 is 0 Å². The molecule has 0 radical (unpaired) electrons. The first-order valence-electron chi connectivity index (χ1n) is 8.82. The molecule has 0 amide bonds. The zero-order valence-corrected chi connectivity index (χ0v) is 15.6. The standard InChI is InChI=1S/C18H23N5O2S/c1-13-3-2-4-14(11-13)15(22-7-5-21(6-8-22)9-10-24)16-17(25)23-18(26-16)19-12-20-23/h2-4,11-12,15,24-25H,5-10H2,1H3. The molecule has 1 aliphatic heterocycles. The number of hydrogen-bond acceptors (Lipinski definition) is 7. The van der Waals surface area contributed by atoms with Crippen LogP contribution in [0.4, 0.5) is 0 Å². The summed E-state index contributed by atoms with van der Waals surface area (Å²) in [5.41, 5.74) is 2.37. The third-order valence-electron chi connectivity index (χ3n) is 4.93. The summed E-state index contributed by atoms with van der Waals surface area (Å²) in [6.07, 6.45) is 1.46. The summed E-state index contributed by atoms with van der Waals surface area (Å²) in [4.78, 5) is 10.5. The first-order chi connectivity index (χ1) is 12.7. The highest BCUT2D eigenvalue weighted by Crippen LogP contribution is 2.40. The minimum atomic E-state index is -0.0281. The Kier molecular flexibility index (Phi) is 4.90. The predicted octanol–water partition coefficient (Wildman–Crippen LogP) is 1.50. The van der Waals surface area contributed by atoms with Crippen molar-refractivity contribution < 1.29 is 10.2 Å². The molecule has 0 spiro atoms. The van der Waals surface area contributed by atoms with Crippen LogP contribution in [-0.4, -0.2) is 73.9 Å². The average Bonchev–Trinajstić information content (AvgIpc) is 3.21. The summed E-state index contributed by atoms with van der Waals surface area (Å²) in [5, 5.41) is 24.0. The third kappa shape index (κ3) is 3.21. The van der Waals surface area contributed by atoms with Crippen LogP contribution in [0.25, 0.3) is 4.96 Å². The molecule has 1 fully saturated rings. The number of aliphatic hydroxyl groups is 1. The van der Waals surface area contributed by atoms with Gasteiger partial charge in [0.2, 0.25) is 10.8 Å². The highest BCUT2D eigenvalue weighted by atomic mass is 32.1. The van der Waals surface area contributed by atoms with E-state index in [1.54, 1.807) is 0 Å². The summed E-state index contributed by atoms with van der Waals surface area (Å²) in [6, 6.07) is 8.42. The number of rotatable bonds is 5. The number of thiazole rings is 1. The van der Waals surface area contributed by atoms with Crippen molar-refractivity contribution >= 4 is 16.3 Å². The number of aromatic hydroxyl groups is 1. The van der Waals surface area contributed by atoms with Gasteiger partial charge in [0.15, 0.2) is 0 Å². The Morgan fingerprint density at radius 3 is 2.73 bits per heavy atom. The molecule has 1 aromatic carbocycles. The Balaban J connectivity index is 1.71.